The minimum absolute atomic E-state index is 0.289. The zero-order valence-corrected chi connectivity index (χ0v) is 11.5. The third-order valence-electron chi connectivity index (χ3n) is 4.73. The van der Waals surface area contributed by atoms with Crippen LogP contribution < -0.4 is 5.32 Å². The normalized spacial score (nSPS) is 36.8. The molecule has 2 aliphatic rings. The van der Waals surface area contributed by atoms with E-state index in [-0.39, 0.29) is 5.54 Å². The smallest absolute Gasteiger partial charge is 0.0307 e. The van der Waals surface area contributed by atoms with Gasteiger partial charge in [0.1, 0.15) is 0 Å². The number of piperazine rings is 1. The van der Waals surface area contributed by atoms with Crippen LogP contribution in [0.4, 0.5) is 0 Å². The molecule has 2 fully saturated rings. The van der Waals surface area contributed by atoms with Gasteiger partial charge in [-0.3, -0.25) is 4.90 Å². The molecule has 1 aliphatic carbocycles. The van der Waals surface area contributed by atoms with Crippen molar-refractivity contribution in [3.63, 3.8) is 0 Å². The van der Waals surface area contributed by atoms with Crippen molar-refractivity contribution in [1.29, 1.82) is 0 Å². The van der Waals surface area contributed by atoms with E-state index in [0.29, 0.717) is 5.54 Å². The van der Waals surface area contributed by atoms with Gasteiger partial charge in [-0.2, -0.15) is 0 Å². The van der Waals surface area contributed by atoms with E-state index in [2.05, 4.69) is 37.9 Å². The number of hydrogen-bond acceptors (Lipinski definition) is 2. The van der Waals surface area contributed by atoms with Gasteiger partial charge in [0.2, 0.25) is 0 Å². The van der Waals surface area contributed by atoms with Crippen molar-refractivity contribution in [2.75, 3.05) is 13.1 Å². The Morgan fingerprint density at radius 2 is 1.81 bits per heavy atom. The summed E-state index contributed by atoms with van der Waals surface area (Å²) in [5.74, 6) is 0. The zero-order chi connectivity index (χ0) is 11.8. The van der Waals surface area contributed by atoms with Crippen LogP contribution in [0, 0.1) is 0 Å². The quantitative estimate of drug-likeness (QED) is 0.776. The van der Waals surface area contributed by atoms with E-state index in [0.717, 1.165) is 12.6 Å². The Morgan fingerprint density at radius 1 is 1.19 bits per heavy atom. The molecule has 1 unspecified atom stereocenters. The predicted molar refractivity (Wildman–Crippen MR) is 69.7 cm³/mol. The Bertz CT molecular complexity index is 243. The molecule has 1 saturated heterocycles. The Hall–Kier alpha value is -0.0800. The molecule has 0 radical (unpaired) electrons. The van der Waals surface area contributed by atoms with Crippen LogP contribution in [-0.2, 0) is 0 Å². The number of rotatable bonds is 2. The fourth-order valence-corrected chi connectivity index (χ4v) is 3.32. The first-order valence-electron chi connectivity index (χ1n) is 6.99. The van der Waals surface area contributed by atoms with E-state index in [1.807, 2.05) is 0 Å². The van der Waals surface area contributed by atoms with Gasteiger partial charge in [0, 0.05) is 30.2 Å². The van der Waals surface area contributed by atoms with Gasteiger partial charge in [-0.15, -0.1) is 0 Å². The van der Waals surface area contributed by atoms with Crippen molar-refractivity contribution in [2.24, 2.45) is 0 Å². The van der Waals surface area contributed by atoms with Gasteiger partial charge < -0.3 is 5.32 Å². The lowest BCUT2D eigenvalue weighted by molar-refractivity contribution is -0.00865. The highest BCUT2D eigenvalue weighted by Gasteiger charge is 2.43. The first kappa shape index (κ1) is 12.4. The fourth-order valence-electron chi connectivity index (χ4n) is 3.32. The van der Waals surface area contributed by atoms with E-state index >= 15 is 0 Å². The van der Waals surface area contributed by atoms with Crippen LogP contribution in [0.25, 0.3) is 0 Å². The maximum absolute atomic E-state index is 3.71. The van der Waals surface area contributed by atoms with Gasteiger partial charge in [0.15, 0.2) is 0 Å². The molecule has 0 aromatic carbocycles. The van der Waals surface area contributed by atoms with Crippen LogP contribution in [0.5, 0.6) is 0 Å². The first-order chi connectivity index (χ1) is 7.47. The lowest BCUT2D eigenvalue weighted by atomic mass is 9.86. The van der Waals surface area contributed by atoms with Crippen LogP contribution in [0.3, 0.4) is 0 Å². The van der Waals surface area contributed by atoms with Crippen LogP contribution in [0.15, 0.2) is 0 Å². The minimum atomic E-state index is 0.289. The van der Waals surface area contributed by atoms with Gasteiger partial charge in [-0.25, -0.2) is 0 Å². The Labute approximate surface area is 101 Å². The van der Waals surface area contributed by atoms with Gasteiger partial charge in [0.05, 0.1) is 0 Å². The van der Waals surface area contributed by atoms with Crippen molar-refractivity contribution in [2.45, 2.75) is 76.9 Å². The molecule has 16 heavy (non-hydrogen) atoms. The molecule has 0 spiro atoms. The highest BCUT2D eigenvalue weighted by molar-refractivity contribution is 5.02. The molecular formula is C14H28N2. The monoisotopic (exact) mass is 224 g/mol. The largest absolute Gasteiger partial charge is 0.309 e. The summed E-state index contributed by atoms with van der Waals surface area (Å²) < 4.78 is 0. The van der Waals surface area contributed by atoms with Crippen LogP contribution in [0.1, 0.15) is 59.8 Å². The molecule has 2 nitrogen and oxygen atoms in total. The Kier molecular flexibility index (Phi) is 3.33. The summed E-state index contributed by atoms with van der Waals surface area (Å²) in [6.07, 6.45) is 6.98. The highest BCUT2D eigenvalue weighted by Crippen LogP contribution is 2.34. The van der Waals surface area contributed by atoms with E-state index in [4.69, 9.17) is 0 Å². The molecule has 0 aromatic rings. The lowest BCUT2D eigenvalue weighted by Crippen LogP contribution is -2.68. The molecule has 1 atom stereocenters. The minimum Gasteiger partial charge on any atom is -0.309 e. The molecule has 2 rings (SSSR count). The van der Waals surface area contributed by atoms with Gasteiger partial charge in [0.25, 0.3) is 0 Å². The molecule has 0 bridgehead atoms. The maximum Gasteiger partial charge on any atom is 0.0307 e. The molecular weight excluding hydrogens is 196 g/mol. The van der Waals surface area contributed by atoms with E-state index in [1.165, 1.54) is 38.6 Å². The van der Waals surface area contributed by atoms with E-state index in [1.54, 1.807) is 0 Å². The molecule has 0 amide bonds. The average Bonchev–Trinajstić information content (AvgIpc) is 2.75. The Balaban J connectivity index is 2.14. The standard InChI is InChI=1S/C14H28N2/c1-5-14(4)10-15-13(2,3)11-16(14)12-8-6-7-9-12/h12,15H,5-11H2,1-4H3. The van der Waals surface area contributed by atoms with E-state index < -0.39 is 0 Å². The summed E-state index contributed by atoms with van der Waals surface area (Å²) in [5.41, 5.74) is 0.668. The number of nitrogens with zero attached hydrogens (tertiary/aromatic N) is 1. The first-order valence-corrected chi connectivity index (χ1v) is 6.99. The van der Waals surface area contributed by atoms with Gasteiger partial charge >= 0.3 is 0 Å². The Morgan fingerprint density at radius 3 is 2.38 bits per heavy atom. The topological polar surface area (TPSA) is 15.3 Å². The second-order valence-electron chi connectivity index (χ2n) is 6.65. The van der Waals surface area contributed by atoms with Crippen molar-refractivity contribution in [1.82, 2.24) is 10.2 Å². The van der Waals surface area contributed by atoms with Gasteiger partial charge in [-0.1, -0.05) is 19.8 Å². The van der Waals surface area contributed by atoms with Crippen LogP contribution >= 0.6 is 0 Å². The van der Waals surface area contributed by atoms with Gasteiger partial charge in [-0.05, 0) is 40.0 Å². The second-order valence-corrected chi connectivity index (χ2v) is 6.65. The lowest BCUT2D eigenvalue weighted by Gasteiger charge is -2.53. The van der Waals surface area contributed by atoms with E-state index in [9.17, 15) is 0 Å². The van der Waals surface area contributed by atoms with Crippen LogP contribution in [0.2, 0.25) is 0 Å². The summed E-state index contributed by atoms with van der Waals surface area (Å²) in [4.78, 5) is 2.82. The fraction of sp³-hybridized carbons (Fsp3) is 1.00. The molecule has 1 saturated carbocycles. The zero-order valence-electron chi connectivity index (χ0n) is 11.5. The average molecular weight is 224 g/mol. The van der Waals surface area contributed by atoms with Crippen molar-refractivity contribution >= 4 is 0 Å². The summed E-state index contributed by atoms with van der Waals surface area (Å²) >= 11 is 0. The third kappa shape index (κ3) is 2.28. The molecule has 94 valence electrons. The highest BCUT2D eigenvalue weighted by atomic mass is 15.3. The summed E-state index contributed by atoms with van der Waals surface area (Å²) in [7, 11) is 0. The maximum atomic E-state index is 3.71. The number of nitrogens with one attached hydrogen (secondary N) is 1. The second kappa shape index (κ2) is 4.30. The molecule has 0 aromatic heterocycles. The van der Waals surface area contributed by atoms with Crippen molar-refractivity contribution in [3.05, 3.63) is 0 Å². The summed E-state index contributed by atoms with van der Waals surface area (Å²) in [6.45, 7) is 11.8. The SMILES string of the molecule is CCC1(C)CNC(C)(C)CN1C1CCCC1. The summed E-state index contributed by atoms with van der Waals surface area (Å²) in [6, 6.07) is 0.853. The molecule has 1 heterocycles. The predicted octanol–water partition coefficient (Wildman–Crippen LogP) is 2.78. The van der Waals surface area contributed by atoms with Crippen LogP contribution in [-0.4, -0.2) is 35.1 Å². The van der Waals surface area contributed by atoms with Crippen molar-refractivity contribution < 1.29 is 0 Å². The molecule has 1 aliphatic heterocycles. The summed E-state index contributed by atoms with van der Waals surface area (Å²) in [5, 5.41) is 3.71. The third-order valence-corrected chi connectivity index (χ3v) is 4.73. The van der Waals surface area contributed by atoms with Crippen molar-refractivity contribution in [3.8, 4) is 0 Å². The molecule has 2 heteroatoms. The number of hydrogen-bond donors (Lipinski definition) is 1. The molecule has 1 N–H and O–H groups in total.